The second-order valence-electron chi connectivity index (χ2n) is 6.34. The molecule has 1 N–H and O–H groups in total. The van der Waals surface area contributed by atoms with Gasteiger partial charge in [-0.2, -0.15) is 0 Å². The van der Waals surface area contributed by atoms with Gasteiger partial charge in [0, 0.05) is 30.4 Å². The Bertz CT molecular complexity index is 819. The summed E-state index contributed by atoms with van der Waals surface area (Å²) in [5.41, 5.74) is 1.89. The van der Waals surface area contributed by atoms with Crippen LogP contribution in [0.1, 0.15) is 30.9 Å². The van der Waals surface area contributed by atoms with Gasteiger partial charge in [0.25, 0.3) is 0 Å². The molecule has 0 saturated heterocycles. The Balaban J connectivity index is 1.90. The van der Waals surface area contributed by atoms with Crippen molar-refractivity contribution in [2.75, 3.05) is 6.79 Å². The Kier molecular flexibility index (Phi) is 3.60. The van der Waals surface area contributed by atoms with Crippen LogP contribution >= 0.6 is 23.2 Å². The first-order valence-electron chi connectivity index (χ1n) is 7.66. The minimum Gasteiger partial charge on any atom is -0.462 e. The first-order chi connectivity index (χ1) is 11.4. The molecule has 2 aromatic rings. The lowest BCUT2D eigenvalue weighted by Gasteiger charge is -2.42. The second kappa shape index (κ2) is 5.45. The van der Waals surface area contributed by atoms with Crippen molar-refractivity contribution in [2.24, 2.45) is 5.92 Å². The Morgan fingerprint density at radius 1 is 1.04 bits per heavy atom. The van der Waals surface area contributed by atoms with Crippen molar-refractivity contribution in [3.8, 4) is 17.2 Å². The van der Waals surface area contributed by atoms with E-state index >= 15 is 0 Å². The summed E-state index contributed by atoms with van der Waals surface area (Å²) in [4.78, 5) is 0. The van der Waals surface area contributed by atoms with E-state index in [4.69, 9.17) is 37.4 Å². The highest BCUT2D eigenvalue weighted by Gasteiger charge is 2.44. The molecule has 2 heterocycles. The molecule has 0 amide bonds. The maximum Gasteiger partial charge on any atom is 0.231 e. The number of benzene rings is 2. The van der Waals surface area contributed by atoms with E-state index in [0.717, 1.165) is 11.1 Å². The smallest absolute Gasteiger partial charge is 0.231 e. The average molecular weight is 367 g/mol. The van der Waals surface area contributed by atoms with Gasteiger partial charge in [-0.3, -0.25) is 0 Å². The summed E-state index contributed by atoms with van der Waals surface area (Å²) >= 11 is 12.2. The van der Waals surface area contributed by atoms with Crippen LogP contribution in [0.2, 0.25) is 10.0 Å². The van der Waals surface area contributed by atoms with Crippen molar-refractivity contribution in [3.63, 3.8) is 0 Å². The number of fused-ring (bicyclic) bond motifs is 2. The molecule has 0 bridgehead atoms. The van der Waals surface area contributed by atoms with Crippen molar-refractivity contribution >= 4 is 23.2 Å². The van der Waals surface area contributed by atoms with Crippen LogP contribution in [0.5, 0.6) is 17.2 Å². The molecule has 2 aliphatic heterocycles. The molecule has 2 aliphatic rings. The molecule has 24 heavy (non-hydrogen) atoms. The van der Waals surface area contributed by atoms with E-state index in [1.54, 1.807) is 19.1 Å². The van der Waals surface area contributed by atoms with Crippen LogP contribution in [-0.4, -0.2) is 17.7 Å². The van der Waals surface area contributed by atoms with Crippen LogP contribution in [0.4, 0.5) is 0 Å². The van der Waals surface area contributed by atoms with E-state index in [9.17, 15) is 5.11 Å². The zero-order valence-electron chi connectivity index (χ0n) is 13.2. The fraction of sp³-hybridized carbons (Fsp3) is 0.333. The zero-order chi connectivity index (χ0) is 17.1. The van der Waals surface area contributed by atoms with Gasteiger partial charge in [0.1, 0.15) is 5.75 Å². The third-order valence-corrected chi connectivity index (χ3v) is 5.54. The van der Waals surface area contributed by atoms with Crippen LogP contribution in [0, 0.1) is 5.92 Å². The van der Waals surface area contributed by atoms with Crippen molar-refractivity contribution < 1.29 is 19.3 Å². The number of aliphatic hydroxyl groups is 1. The molecule has 0 saturated carbocycles. The summed E-state index contributed by atoms with van der Waals surface area (Å²) < 4.78 is 16.7. The summed E-state index contributed by atoms with van der Waals surface area (Å²) in [5, 5.41) is 11.7. The summed E-state index contributed by atoms with van der Waals surface area (Å²) in [6, 6.07) is 9.20. The van der Waals surface area contributed by atoms with Gasteiger partial charge >= 0.3 is 0 Å². The molecule has 0 radical (unpaired) electrons. The quantitative estimate of drug-likeness (QED) is 0.801. The van der Waals surface area contributed by atoms with Crippen molar-refractivity contribution in [3.05, 3.63) is 51.5 Å². The van der Waals surface area contributed by atoms with Crippen LogP contribution in [0.15, 0.2) is 30.3 Å². The van der Waals surface area contributed by atoms with Gasteiger partial charge < -0.3 is 19.3 Å². The van der Waals surface area contributed by atoms with E-state index in [0.29, 0.717) is 27.3 Å². The molecule has 0 aromatic heterocycles. The standard InChI is InChI=1S/C18H16Cl2O4/c1-9-17(10-3-4-12(19)13(20)5-10)11-6-15-16(23-8-22-15)7-14(11)24-18(9,2)21/h3-7,9,17,21H,8H2,1-2H3/t9-,17+,18-/m1/s1. The summed E-state index contributed by atoms with van der Waals surface area (Å²) in [5.74, 6) is 0.231. The lowest BCUT2D eigenvalue weighted by Crippen LogP contribution is -2.45. The molecule has 3 atom stereocenters. The molecule has 0 aliphatic carbocycles. The Hall–Kier alpha value is -1.62. The number of rotatable bonds is 1. The summed E-state index contributed by atoms with van der Waals surface area (Å²) in [6.45, 7) is 3.79. The van der Waals surface area contributed by atoms with E-state index in [2.05, 4.69) is 0 Å². The Morgan fingerprint density at radius 2 is 1.75 bits per heavy atom. The molecule has 4 nitrogen and oxygen atoms in total. The van der Waals surface area contributed by atoms with Crippen LogP contribution in [0.25, 0.3) is 0 Å². The Morgan fingerprint density at radius 3 is 2.46 bits per heavy atom. The van der Waals surface area contributed by atoms with Gasteiger partial charge in [-0.1, -0.05) is 36.2 Å². The number of ether oxygens (including phenoxy) is 3. The predicted octanol–water partition coefficient (Wildman–Crippen LogP) is 4.59. The van der Waals surface area contributed by atoms with E-state index < -0.39 is 5.79 Å². The highest BCUT2D eigenvalue weighted by molar-refractivity contribution is 6.42. The molecular formula is C18H16Cl2O4. The topological polar surface area (TPSA) is 47.9 Å². The number of hydrogen-bond acceptors (Lipinski definition) is 4. The average Bonchev–Trinajstić information content (AvgIpc) is 2.97. The molecule has 126 valence electrons. The fourth-order valence-electron chi connectivity index (χ4n) is 3.34. The molecule has 4 rings (SSSR count). The van der Waals surface area contributed by atoms with Crippen LogP contribution in [0.3, 0.4) is 0 Å². The second-order valence-corrected chi connectivity index (χ2v) is 7.15. The SMILES string of the molecule is C[C@@H]1[C@@H](c2ccc(Cl)c(Cl)c2)c2cc3c(cc2O[C@@]1(C)O)OCO3. The third kappa shape index (κ3) is 2.41. The van der Waals surface area contributed by atoms with Crippen molar-refractivity contribution in [2.45, 2.75) is 25.6 Å². The van der Waals surface area contributed by atoms with Gasteiger partial charge in [0.2, 0.25) is 12.6 Å². The maximum atomic E-state index is 10.7. The minimum atomic E-state index is -1.32. The first kappa shape index (κ1) is 15.9. The van der Waals surface area contributed by atoms with Gasteiger partial charge in [0.15, 0.2) is 11.5 Å². The van der Waals surface area contributed by atoms with Crippen LogP contribution < -0.4 is 14.2 Å². The number of hydrogen-bond donors (Lipinski definition) is 1. The lowest BCUT2D eigenvalue weighted by atomic mass is 9.75. The highest BCUT2D eigenvalue weighted by atomic mass is 35.5. The highest BCUT2D eigenvalue weighted by Crippen LogP contribution is 2.51. The fourth-order valence-corrected chi connectivity index (χ4v) is 3.65. The van der Waals surface area contributed by atoms with Gasteiger partial charge in [0.05, 0.1) is 10.0 Å². The lowest BCUT2D eigenvalue weighted by molar-refractivity contribution is -0.171. The molecular weight excluding hydrogens is 351 g/mol. The van der Waals surface area contributed by atoms with Crippen molar-refractivity contribution in [1.82, 2.24) is 0 Å². The summed E-state index contributed by atoms with van der Waals surface area (Å²) in [7, 11) is 0. The van der Waals surface area contributed by atoms with Crippen LogP contribution in [-0.2, 0) is 0 Å². The largest absolute Gasteiger partial charge is 0.462 e. The monoisotopic (exact) mass is 366 g/mol. The third-order valence-electron chi connectivity index (χ3n) is 4.80. The van der Waals surface area contributed by atoms with Gasteiger partial charge in [-0.15, -0.1) is 0 Å². The predicted molar refractivity (Wildman–Crippen MR) is 91.3 cm³/mol. The normalized spacial score (nSPS) is 27.5. The molecule has 2 aromatic carbocycles. The zero-order valence-corrected chi connectivity index (χ0v) is 14.7. The molecule has 0 fully saturated rings. The van der Waals surface area contributed by atoms with E-state index in [1.165, 1.54) is 0 Å². The maximum absolute atomic E-state index is 10.7. The van der Waals surface area contributed by atoms with Gasteiger partial charge in [-0.25, -0.2) is 0 Å². The minimum absolute atomic E-state index is 0.118. The Labute approximate surface area is 149 Å². The number of halogens is 2. The van der Waals surface area contributed by atoms with E-state index in [-0.39, 0.29) is 18.6 Å². The molecule has 0 unspecified atom stereocenters. The van der Waals surface area contributed by atoms with Gasteiger partial charge in [-0.05, 0) is 23.8 Å². The first-order valence-corrected chi connectivity index (χ1v) is 8.42. The summed E-state index contributed by atoms with van der Waals surface area (Å²) in [6.07, 6.45) is 0. The molecule has 0 spiro atoms. The molecule has 6 heteroatoms. The van der Waals surface area contributed by atoms with Crippen molar-refractivity contribution in [1.29, 1.82) is 0 Å². The van der Waals surface area contributed by atoms with E-state index in [1.807, 2.05) is 25.1 Å².